The Morgan fingerprint density at radius 3 is 2.80 bits per heavy atom. The van der Waals surface area contributed by atoms with Crippen molar-refractivity contribution in [3.63, 3.8) is 0 Å². The molecule has 2 aromatic carbocycles. The van der Waals surface area contributed by atoms with Crippen LogP contribution in [0.3, 0.4) is 0 Å². The average Bonchev–Trinajstić information content (AvgIpc) is 2.81. The van der Waals surface area contributed by atoms with Crippen LogP contribution in [0.15, 0.2) is 45.3 Å². The fraction of sp³-hybridized carbons (Fsp3) is 0.0667. The molecule has 0 unspecified atom stereocenters. The highest BCUT2D eigenvalue weighted by molar-refractivity contribution is 9.10. The number of rotatable bonds is 2. The van der Waals surface area contributed by atoms with Crippen LogP contribution in [0.5, 0.6) is 0 Å². The molecule has 1 aromatic heterocycles. The molecule has 0 bridgehead atoms. The van der Waals surface area contributed by atoms with Crippen LogP contribution in [-0.4, -0.2) is 16.1 Å². The maximum atomic E-state index is 11.2. The molecule has 0 aliphatic heterocycles. The predicted octanol–water partition coefficient (Wildman–Crippen LogP) is 4.26. The van der Waals surface area contributed by atoms with E-state index < -0.39 is 5.97 Å². The van der Waals surface area contributed by atoms with Crippen LogP contribution in [0, 0.1) is 6.92 Å². The normalized spacial score (nSPS) is 10.9. The summed E-state index contributed by atoms with van der Waals surface area (Å²) < 4.78 is 6.63. The number of hydrogen-bond acceptors (Lipinski definition) is 3. The number of aromatic nitrogens is 1. The summed E-state index contributed by atoms with van der Waals surface area (Å²) in [5, 5.41) is 9.16. The van der Waals surface area contributed by atoms with Gasteiger partial charge in [-0.1, -0.05) is 22.0 Å². The van der Waals surface area contributed by atoms with Crippen molar-refractivity contribution in [1.82, 2.24) is 4.98 Å². The lowest BCUT2D eigenvalue weighted by atomic mass is 10.1. The minimum Gasteiger partial charge on any atom is -0.478 e. The molecule has 0 spiro atoms. The molecule has 20 heavy (non-hydrogen) atoms. The Morgan fingerprint density at radius 2 is 2.10 bits per heavy atom. The van der Waals surface area contributed by atoms with Gasteiger partial charge < -0.3 is 9.52 Å². The number of carbonyl (C=O) groups is 1. The number of carboxylic acids is 1. The number of para-hydroxylation sites is 1. The van der Waals surface area contributed by atoms with Gasteiger partial charge in [-0.2, -0.15) is 0 Å². The summed E-state index contributed by atoms with van der Waals surface area (Å²) in [6.45, 7) is 1.95. The van der Waals surface area contributed by atoms with E-state index in [0.29, 0.717) is 17.0 Å². The number of halogens is 1. The smallest absolute Gasteiger partial charge is 0.339 e. The van der Waals surface area contributed by atoms with Crippen molar-refractivity contribution in [3.05, 3.63) is 52.0 Å². The van der Waals surface area contributed by atoms with Gasteiger partial charge in [0.05, 0.1) is 0 Å². The van der Waals surface area contributed by atoms with E-state index in [4.69, 9.17) is 9.52 Å². The van der Waals surface area contributed by atoms with Gasteiger partial charge in [0.15, 0.2) is 5.58 Å². The van der Waals surface area contributed by atoms with E-state index in [9.17, 15) is 4.79 Å². The second-order valence-corrected chi connectivity index (χ2v) is 5.35. The largest absolute Gasteiger partial charge is 0.478 e. The van der Waals surface area contributed by atoms with Crippen molar-refractivity contribution in [1.29, 1.82) is 0 Å². The van der Waals surface area contributed by atoms with Crippen molar-refractivity contribution in [3.8, 4) is 11.5 Å². The number of aromatic carboxylic acids is 1. The lowest BCUT2D eigenvalue weighted by Crippen LogP contribution is -1.95. The highest BCUT2D eigenvalue weighted by Gasteiger charge is 2.16. The summed E-state index contributed by atoms with van der Waals surface area (Å²) in [4.78, 5) is 15.5. The quantitative estimate of drug-likeness (QED) is 0.761. The van der Waals surface area contributed by atoms with Crippen molar-refractivity contribution >= 4 is 33.0 Å². The minimum absolute atomic E-state index is 0.121. The van der Waals surface area contributed by atoms with Gasteiger partial charge in [0.1, 0.15) is 11.1 Å². The average molecular weight is 332 g/mol. The van der Waals surface area contributed by atoms with E-state index in [1.54, 1.807) is 12.1 Å². The molecule has 1 N–H and O–H groups in total. The monoisotopic (exact) mass is 331 g/mol. The van der Waals surface area contributed by atoms with Gasteiger partial charge in [0, 0.05) is 10.0 Å². The third-order valence-corrected chi connectivity index (χ3v) is 3.56. The van der Waals surface area contributed by atoms with Gasteiger partial charge in [-0.25, -0.2) is 9.78 Å². The van der Waals surface area contributed by atoms with Crippen LogP contribution in [0.25, 0.3) is 22.6 Å². The number of benzene rings is 2. The number of carboxylic acid groups (broad SMARTS) is 1. The van der Waals surface area contributed by atoms with Crippen molar-refractivity contribution in [2.45, 2.75) is 6.92 Å². The highest BCUT2D eigenvalue weighted by atomic mass is 79.9. The highest BCUT2D eigenvalue weighted by Crippen LogP contribution is 2.30. The van der Waals surface area contributed by atoms with Gasteiger partial charge in [0.25, 0.3) is 0 Å². The molecule has 0 radical (unpaired) electrons. The fourth-order valence-electron chi connectivity index (χ4n) is 2.10. The summed E-state index contributed by atoms with van der Waals surface area (Å²) in [7, 11) is 0. The first-order chi connectivity index (χ1) is 9.56. The number of aryl methyl sites for hydroxylation is 1. The predicted molar refractivity (Wildman–Crippen MR) is 78.8 cm³/mol. The first kappa shape index (κ1) is 12.9. The van der Waals surface area contributed by atoms with Crippen LogP contribution in [-0.2, 0) is 0 Å². The number of nitrogens with zero attached hydrogens (tertiary/aromatic N) is 1. The Bertz CT molecular complexity index is 823. The van der Waals surface area contributed by atoms with E-state index in [0.717, 1.165) is 15.6 Å². The molecule has 0 aliphatic rings. The topological polar surface area (TPSA) is 63.3 Å². The molecular weight excluding hydrogens is 322 g/mol. The maximum absolute atomic E-state index is 11.2. The van der Waals surface area contributed by atoms with Crippen molar-refractivity contribution in [2.75, 3.05) is 0 Å². The van der Waals surface area contributed by atoms with Crippen LogP contribution in [0.4, 0.5) is 0 Å². The van der Waals surface area contributed by atoms with Crippen LogP contribution >= 0.6 is 15.9 Å². The van der Waals surface area contributed by atoms with Crippen LogP contribution < -0.4 is 0 Å². The standard InChI is InChI=1S/C15H10BrNO3/c1-8-7-9(16)5-6-10(8)14-17-12-4-2-3-11(15(18)19)13(12)20-14/h2-7H,1H3,(H,18,19). The summed E-state index contributed by atoms with van der Waals surface area (Å²) in [6.07, 6.45) is 0. The number of fused-ring (bicyclic) bond motifs is 1. The Kier molecular flexibility index (Phi) is 3.06. The molecule has 3 aromatic rings. The molecule has 0 saturated carbocycles. The van der Waals surface area contributed by atoms with Gasteiger partial charge >= 0.3 is 5.97 Å². The summed E-state index contributed by atoms with van der Waals surface area (Å²) in [5.74, 6) is -0.593. The molecule has 0 atom stereocenters. The fourth-order valence-corrected chi connectivity index (χ4v) is 2.58. The lowest BCUT2D eigenvalue weighted by Gasteiger charge is -2.01. The zero-order chi connectivity index (χ0) is 14.3. The Balaban J connectivity index is 2.23. The lowest BCUT2D eigenvalue weighted by molar-refractivity contribution is 0.0698. The molecule has 100 valence electrons. The van der Waals surface area contributed by atoms with E-state index in [1.165, 1.54) is 6.07 Å². The molecule has 5 heteroatoms. The Morgan fingerprint density at radius 1 is 1.30 bits per heavy atom. The van der Waals surface area contributed by atoms with E-state index in [2.05, 4.69) is 20.9 Å². The molecule has 3 rings (SSSR count). The minimum atomic E-state index is -1.02. The third kappa shape index (κ3) is 2.10. The van der Waals surface area contributed by atoms with E-state index >= 15 is 0 Å². The van der Waals surface area contributed by atoms with E-state index in [1.807, 2.05) is 25.1 Å². The second kappa shape index (κ2) is 4.76. The van der Waals surface area contributed by atoms with E-state index in [-0.39, 0.29) is 5.56 Å². The van der Waals surface area contributed by atoms with Gasteiger partial charge in [-0.3, -0.25) is 0 Å². The second-order valence-electron chi connectivity index (χ2n) is 4.44. The molecule has 4 nitrogen and oxygen atoms in total. The Hall–Kier alpha value is -2.14. The van der Waals surface area contributed by atoms with Gasteiger partial charge in [-0.15, -0.1) is 0 Å². The number of oxazole rings is 1. The molecule has 0 fully saturated rings. The zero-order valence-corrected chi connectivity index (χ0v) is 12.1. The molecule has 1 heterocycles. The molecule has 0 saturated heterocycles. The van der Waals surface area contributed by atoms with Gasteiger partial charge in [0.2, 0.25) is 5.89 Å². The van der Waals surface area contributed by atoms with Crippen LogP contribution in [0.1, 0.15) is 15.9 Å². The third-order valence-electron chi connectivity index (χ3n) is 3.06. The molecule has 0 amide bonds. The summed E-state index contributed by atoms with van der Waals surface area (Å²) in [6, 6.07) is 10.7. The molecule has 0 aliphatic carbocycles. The number of hydrogen-bond donors (Lipinski definition) is 1. The van der Waals surface area contributed by atoms with Crippen LogP contribution in [0.2, 0.25) is 0 Å². The maximum Gasteiger partial charge on any atom is 0.339 e. The summed E-state index contributed by atoms with van der Waals surface area (Å²) >= 11 is 3.41. The Labute approximate surface area is 123 Å². The van der Waals surface area contributed by atoms with Crippen molar-refractivity contribution in [2.24, 2.45) is 0 Å². The first-order valence-electron chi connectivity index (χ1n) is 5.95. The summed E-state index contributed by atoms with van der Waals surface area (Å²) in [5.41, 5.74) is 2.82. The van der Waals surface area contributed by atoms with Crippen molar-refractivity contribution < 1.29 is 14.3 Å². The van der Waals surface area contributed by atoms with Gasteiger partial charge in [-0.05, 0) is 42.8 Å². The first-order valence-corrected chi connectivity index (χ1v) is 6.75. The SMILES string of the molecule is Cc1cc(Br)ccc1-c1nc2cccc(C(=O)O)c2o1. The molecular formula is C15H10BrNO3. The zero-order valence-electron chi connectivity index (χ0n) is 10.6.